The lowest BCUT2D eigenvalue weighted by Crippen LogP contribution is -2.53. The molecule has 2 amide bonds. The maximum Gasteiger partial charge on any atom is 0.236 e. The maximum atomic E-state index is 12.6. The van der Waals surface area contributed by atoms with Crippen molar-refractivity contribution in [1.82, 2.24) is 14.7 Å². The number of Topliss-reactive ketones (excluding diaryl/α,β-unsaturated/α-hetero) is 1. The quantitative estimate of drug-likeness (QED) is 0.580. The van der Waals surface area contributed by atoms with Crippen molar-refractivity contribution >= 4 is 17.6 Å². The SMILES string of the molecule is CC(C)Cc1ccc(C(=O)CCC(=O)N2CCN(CC(=O)N3CCCCC3C)CC2)cc1. The largest absolute Gasteiger partial charge is 0.340 e. The van der Waals surface area contributed by atoms with Gasteiger partial charge in [0.05, 0.1) is 6.54 Å². The van der Waals surface area contributed by atoms with E-state index in [-0.39, 0.29) is 30.4 Å². The van der Waals surface area contributed by atoms with Gasteiger partial charge in [-0.05, 0) is 44.1 Å². The zero-order valence-corrected chi connectivity index (χ0v) is 20.0. The first-order valence-electron chi connectivity index (χ1n) is 12.2. The number of amides is 2. The Morgan fingerprint density at radius 2 is 1.59 bits per heavy atom. The van der Waals surface area contributed by atoms with Gasteiger partial charge in [-0.15, -0.1) is 0 Å². The van der Waals surface area contributed by atoms with E-state index in [1.54, 1.807) is 0 Å². The van der Waals surface area contributed by atoms with Crippen molar-refractivity contribution < 1.29 is 14.4 Å². The van der Waals surface area contributed by atoms with Crippen LogP contribution < -0.4 is 0 Å². The van der Waals surface area contributed by atoms with E-state index in [4.69, 9.17) is 0 Å². The van der Waals surface area contributed by atoms with Crippen LogP contribution >= 0.6 is 0 Å². The summed E-state index contributed by atoms with van der Waals surface area (Å²) in [6.07, 6.45) is 4.89. The van der Waals surface area contributed by atoms with Gasteiger partial charge >= 0.3 is 0 Å². The Labute approximate surface area is 192 Å². The number of nitrogens with zero attached hydrogens (tertiary/aromatic N) is 3. The zero-order valence-electron chi connectivity index (χ0n) is 20.0. The molecule has 176 valence electrons. The van der Waals surface area contributed by atoms with E-state index in [0.717, 1.165) is 25.8 Å². The Bertz CT molecular complexity index is 782. The predicted molar refractivity (Wildman–Crippen MR) is 127 cm³/mol. The third-order valence-corrected chi connectivity index (χ3v) is 6.69. The number of likely N-dealkylation sites (tertiary alicyclic amines) is 1. The normalized spacial score (nSPS) is 19.9. The fourth-order valence-corrected chi connectivity index (χ4v) is 4.73. The second-order valence-electron chi connectivity index (χ2n) is 9.81. The van der Waals surface area contributed by atoms with Crippen LogP contribution in [-0.4, -0.2) is 77.6 Å². The summed E-state index contributed by atoms with van der Waals surface area (Å²) in [5.74, 6) is 0.850. The van der Waals surface area contributed by atoms with Gasteiger partial charge in [-0.3, -0.25) is 19.3 Å². The summed E-state index contributed by atoms with van der Waals surface area (Å²) in [6, 6.07) is 8.12. The summed E-state index contributed by atoms with van der Waals surface area (Å²) in [4.78, 5) is 43.7. The fourth-order valence-electron chi connectivity index (χ4n) is 4.73. The van der Waals surface area contributed by atoms with Crippen molar-refractivity contribution in [2.45, 2.75) is 65.3 Å². The van der Waals surface area contributed by atoms with Crippen LogP contribution in [0.5, 0.6) is 0 Å². The van der Waals surface area contributed by atoms with E-state index in [1.807, 2.05) is 34.1 Å². The van der Waals surface area contributed by atoms with Crippen molar-refractivity contribution in [3.63, 3.8) is 0 Å². The molecule has 0 radical (unpaired) electrons. The zero-order chi connectivity index (χ0) is 23.1. The first kappa shape index (κ1) is 24.4. The molecule has 0 saturated carbocycles. The molecule has 0 aliphatic carbocycles. The van der Waals surface area contributed by atoms with Crippen LogP contribution in [-0.2, 0) is 16.0 Å². The van der Waals surface area contributed by atoms with Crippen LogP contribution in [0.2, 0.25) is 0 Å². The lowest BCUT2D eigenvalue weighted by Gasteiger charge is -2.38. The lowest BCUT2D eigenvalue weighted by atomic mass is 9.99. The number of ketones is 1. The molecular weight excluding hydrogens is 402 g/mol. The molecule has 1 aromatic rings. The molecule has 2 aliphatic rings. The Balaban J connectivity index is 1.38. The van der Waals surface area contributed by atoms with Crippen LogP contribution in [0.15, 0.2) is 24.3 Å². The standard InChI is InChI=1S/C26H39N3O3/c1-20(2)18-22-7-9-23(10-8-22)24(30)11-12-25(31)28-16-14-27(15-17-28)19-26(32)29-13-5-4-6-21(29)3/h7-10,20-21H,4-6,11-19H2,1-3H3. The van der Waals surface area contributed by atoms with Crippen LogP contribution in [0.3, 0.4) is 0 Å². The van der Waals surface area contributed by atoms with Gasteiger partial charge in [0.1, 0.15) is 0 Å². The van der Waals surface area contributed by atoms with Gasteiger partial charge in [0.2, 0.25) is 11.8 Å². The first-order valence-corrected chi connectivity index (χ1v) is 12.2. The van der Waals surface area contributed by atoms with Crippen molar-refractivity contribution in [3.8, 4) is 0 Å². The fraction of sp³-hybridized carbons (Fsp3) is 0.654. The number of carbonyl (C=O) groups is 3. The summed E-state index contributed by atoms with van der Waals surface area (Å²) < 4.78 is 0. The summed E-state index contributed by atoms with van der Waals surface area (Å²) in [6.45, 7) is 10.5. The number of rotatable bonds is 8. The van der Waals surface area contributed by atoms with Gasteiger partial charge in [-0.25, -0.2) is 0 Å². The molecule has 0 bridgehead atoms. The topological polar surface area (TPSA) is 60.9 Å². The van der Waals surface area contributed by atoms with Crippen molar-refractivity contribution in [2.24, 2.45) is 5.92 Å². The second kappa shape index (κ2) is 11.6. The van der Waals surface area contributed by atoms with E-state index in [9.17, 15) is 14.4 Å². The third kappa shape index (κ3) is 6.89. The van der Waals surface area contributed by atoms with Crippen LogP contribution in [0.1, 0.15) is 68.8 Å². The minimum atomic E-state index is 0.0225. The van der Waals surface area contributed by atoms with E-state index >= 15 is 0 Å². The molecule has 32 heavy (non-hydrogen) atoms. The van der Waals surface area contributed by atoms with Gasteiger partial charge in [-0.2, -0.15) is 0 Å². The highest BCUT2D eigenvalue weighted by Crippen LogP contribution is 2.17. The van der Waals surface area contributed by atoms with E-state index in [0.29, 0.717) is 50.2 Å². The van der Waals surface area contributed by atoms with Gasteiger partial charge in [-0.1, -0.05) is 38.1 Å². The summed E-state index contributed by atoms with van der Waals surface area (Å²) in [5.41, 5.74) is 1.92. The minimum Gasteiger partial charge on any atom is -0.340 e. The Hall–Kier alpha value is -2.21. The van der Waals surface area contributed by atoms with Gasteiger partial charge in [0, 0.05) is 57.2 Å². The molecule has 0 spiro atoms. The number of piperidine rings is 1. The molecule has 1 aromatic carbocycles. The molecule has 2 heterocycles. The molecule has 1 unspecified atom stereocenters. The Morgan fingerprint density at radius 3 is 2.22 bits per heavy atom. The van der Waals surface area contributed by atoms with Gasteiger partial charge in [0.15, 0.2) is 5.78 Å². The number of benzene rings is 1. The van der Waals surface area contributed by atoms with Gasteiger partial charge in [0.25, 0.3) is 0 Å². The Morgan fingerprint density at radius 1 is 0.906 bits per heavy atom. The summed E-state index contributed by atoms with van der Waals surface area (Å²) in [7, 11) is 0. The third-order valence-electron chi connectivity index (χ3n) is 6.69. The molecule has 2 aliphatic heterocycles. The number of carbonyl (C=O) groups excluding carboxylic acids is 3. The average Bonchev–Trinajstić information content (AvgIpc) is 2.78. The van der Waals surface area contributed by atoms with Crippen LogP contribution in [0.25, 0.3) is 0 Å². The highest BCUT2D eigenvalue weighted by atomic mass is 16.2. The smallest absolute Gasteiger partial charge is 0.236 e. The van der Waals surface area contributed by atoms with E-state index < -0.39 is 0 Å². The summed E-state index contributed by atoms with van der Waals surface area (Å²) >= 11 is 0. The molecule has 1 atom stereocenters. The van der Waals surface area contributed by atoms with E-state index in [1.165, 1.54) is 12.0 Å². The molecule has 6 heteroatoms. The van der Waals surface area contributed by atoms with Crippen LogP contribution in [0, 0.1) is 5.92 Å². The lowest BCUT2D eigenvalue weighted by molar-refractivity contribution is -0.137. The molecule has 0 aromatic heterocycles. The number of hydrogen-bond donors (Lipinski definition) is 0. The molecule has 0 N–H and O–H groups in total. The monoisotopic (exact) mass is 441 g/mol. The summed E-state index contributed by atoms with van der Waals surface area (Å²) in [5, 5.41) is 0. The van der Waals surface area contributed by atoms with Crippen molar-refractivity contribution in [2.75, 3.05) is 39.3 Å². The average molecular weight is 442 g/mol. The Kier molecular flexibility index (Phi) is 8.85. The van der Waals surface area contributed by atoms with Crippen molar-refractivity contribution in [3.05, 3.63) is 35.4 Å². The molecule has 6 nitrogen and oxygen atoms in total. The highest BCUT2D eigenvalue weighted by Gasteiger charge is 2.27. The maximum absolute atomic E-state index is 12.6. The second-order valence-corrected chi connectivity index (χ2v) is 9.81. The molecular formula is C26H39N3O3. The van der Waals surface area contributed by atoms with E-state index in [2.05, 4.69) is 25.7 Å². The number of hydrogen-bond acceptors (Lipinski definition) is 4. The minimum absolute atomic E-state index is 0.0225. The van der Waals surface area contributed by atoms with Crippen LogP contribution in [0.4, 0.5) is 0 Å². The number of piperazine rings is 1. The predicted octanol–water partition coefficient (Wildman–Crippen LogP) is 3.39. The van der Waals surface area contributed by atoms with Gasteiger partial charge < -0.3 is 9.80 Å². The molecule has 2 saturated heterocycles. The van der Waals surface area contributed by atoms with Crippen molar-refractivity contribution in [1.29, 1.82) is 0 Å². The first-order chi connectivity index (χ1) is 15.3. The highest BCUT2D eigenvalue weighted by molar-refractivity contribution is 5.98. The molecule has 2 fully saturated rings. The molecule has 3 rings (SSSR count).